The summed E-state index contributed by atoms with van der Waals surface area (Å²) in [7, 11) is 0. The first-order valence-electron chi connectivity index (χ1n) is 9.22. The Bertz CT molecular complexity index is 1000. The lowest BCUT2D eigenvalue weighted by atomic mass is 10.1. The van der Waals surface area contributed by atoms with Crippen LogP contribution in [0, 0.1) is 3.57 Å². The van der Waals surface area contributed by atoms with Crippen molar-refractivity contribution < 1.29 is 19.1 Å². The van der Waals surface area contributed by atoms with Gasteiger partial charge < -0.3 is 14.8 Å². The molecule has 0 bridgehead atoms. The Morgan fingerprint density at radius 1 is 1.20 bits per heavy atom. The molecule has 6 nitrogen and oxygen atoms in total. The van der Waals surface area contributed by atoms with Crippen molar-refractivity contribution in [2.24, 2.45) is 0 Å². The second-order valence-corrected chi connectivity index (χ2v) is 7.97. The number of hydrogen-bond acceptors (Lipinski definition) is 4. The molecule has 1 N–H and O–H groups in total. The van der Waals surface area contributed by atoms with Crippen molar-refractivity contribution in [1.29, 1.82) is 0 Å². The van der Waals surface area contributed by atoms with E-state index in [0.29, 0.717) is 35.3 Å². The molecular formula is C22H20ClIN2O4. The van der Waals surface area contributed by atoms with E-state index < -0.39 is 11.9 Å². The number of halogens is 2. The van der Waals surface area contributed by atoms with Crippen LogP contribution in [0.15, 0.2) is 54.8 Å². The number of rotatable bonds is 8. The van der Waals surface area contributed by atoms with E-state index >= 15 is 0 Å². The van der Waals surface area contributed by atoms with Crippen LogP contribution >= 0.6 is 34.2 Å². The van der Waals surface area contributed by atoms with Crippen LogP contribution in [0.25, 0.3) is 6.08 Å². The number of imide groups is 1. The van der Waals surface area contributed by atoms with E-state index in [1.807, 2.05) is 37.3 Å². The quantitative estimate of drug-likeness (QED) is 0.222. The van der Waals surface area contributed by atoms with Crippen LogP contribution in [0.4, 0.5) is 4.79 Å². The van der Waals surface area contributed by atoms with Gasteiger partial charge in [-0.25, -0.2) is 4.79 Å². The van der Waals surface area contributed by atoms with Gasteiger partial charge in [-0.3, -0.25) is 9.69 Å². The van der Waals surface area contributed by atoms with Gasteiger partial charge in [0.25, 0.3) is 5.91 Å². The number of carbonyl (C=O) groups is 2. The first-order valence-corrected chi connectivity index (χ1v) is 10.7. The molecular weight excluding hydrogens is 519 g/mol. The van der Waals surface area contributed by atoms with Gasteiger partial charge in [-0.05, 0) is 71.0 Å². The fraction of sp³-hybridized carbons (Fsp3) is 0.182. The predicted octanol–water partition coefficient (Wildman–Crippen LogP) is 5.00. The molecule has 0 aromatic heterocycles. The average molecular weight is 539 g/mol. The molecule has 3 amide bonds. The van der Waals surface area contributed by atoms with Crippen molar-refractivity contribution in [3.63, 3.8) is 0 Å². The molecule has 0 saturated carbocycles. The monoisotopic (exact) mass is 538 g/mol. The summed E-state index contributed by atoms with van der Waals surface area (Å²) in [5.41, 5.74) is 1.89. The van der Waals surface area contributed by atoms with Crippen LogP contribution in [0.1, 0.15) is 18.1 Å². The highest BCUT2D eigenvalue weighted by atomic mass is 127. The van der Waals surface area contributed by atoms with Crippen LogP contribution in [0.2, 0.25) is 5.02 Å². The maximum Gasteiger partial charge on any atom is 0.329 e. The van der Waals surface area contributed by atoms with Gasteiger partial charge >= 0.3 is 6.03 Å². The summed E-state index contributed by atoms with van der Waals surface area (Å²) < 4.78 is 12.6. The molecule has 2 aromatic carbocycles. The lowest BCUT2D eigenvalue weighted by molar-refractivity contribution is -0.122. The largest absolute Gasteiger partial charge is 0.490 e. The molecule has 0 atom stereocenters. The van der Waals surface area contributed by atoms with E-state index in [-0.39, 0.29) is 12.2 Å². The minimum atomic E-state index is -0.464. The Morgan fingerprint density at radius 3 is 2.60 bits per heavy atom. The summed E-state index contributed by atoms with van der Waals surface area (Å²) in [4.78, 5) is 25.5. The molecule has 1 heterocycles. The summed E-state index contributed by atoms with van der Waals surface area (Å²) in [5.74, 6) is 0.783. The molecule has 0 spiro atoms. The topological polar surface area (TPSA) is 67.9 Å². The first-order chi connectivity index (χ1) is 14.4. The van der Waals surface area contributed by atoms with Crippen molar-refractivity contribution in [3.05, 3.63) is 74.5 Å². The van der Waals surface area contributed by atoms with Crippen LogP contribution in [-0.2, 0) is 11.4 Å². The predicted molar refractivity (Wildman–Crippen MR) is 125 cm³/mol. The second kappa shape index (κ2) is 9.99. The van der Waals surface area contributed by atoms with E-state index in [0.717, 1.165) is 14.0 Å². The molecule has 3 rings (SSSR count). The van der Waals surface area contributed by atoms with Crippen LogP contribution in [-0.4, -0.2) is 30.0 Å². The number of nitrogens with zero attached hydrogens (tertiary/aromatic N) is 1. The Kier molecular flexibility index (Phi) is 7.38. The third kappa shape index (κ3) is 5.14. The van der Waals surface area contributed by atoms with Crippen molar-refractivity contribution in [1.82, 2.24) is 10.2 Å². The molecule has 1 aliphatic heterocycles. The molecule has 8 heteroatoms. The van der Waals surface area contributed by atoms with Gasteiger partial charge in [0.2, 0.25) is 0 Å². The van der Waals surface area contributed by atoms with E-state index in [9.17, 15) is 9.59 Å². The van der Waals surface area contributed by atoms with Gasteiger partial charge in [0.1, 0.15) is 12.3 Å². The number of urea groups is 1. The van der Waals surface area contributed by atoms with Gasteiger partial charge in [0.05, 0.1) is 10.2 Å². The highest BCUT2D eigenvalue weighted by Crippen LogP contribution is 2.35. The number of nitrogens with one attached hydrogen (secondary N) is 1. The normalized spacial score (nSPS) is 14.8. The Morgan fingerprint density at radius 2 is 1.93 bits per heavy atom. The fourth-order valence-electron chi connectivity index (χ4n) is 2.84. The number of hydrogen-bond donors (Lipinski definition) is 1. The Hall–Kier alpha value is -2.52. The number of carbonyl (C=O) groups excluding carboxylic acids is 2. The summed E-state index contributed by atoms with van der Waals surface area (Å²) in [6.45, 7) is 6.42. The summed E-state index contributed by atoms with van der Waals surface area (Å²) in [6, 6.07) is 10.6. The van der Waals surface area contributed by atoms with E-state index in [2.05, 4.69) is 34.5 Å². The Balaban J connectivity index is 1.85. The smallest absolute Gasteiger partial charge is 0.329 e. The highest BCUT2D eigenvalue weighted by molar-refractivity contribution is 14.1. The van der Waals surface area contributed by atoms with E-state index in [1.165, 1.54) is 6.08 Å². The lowest BCUT2D eigenvalue weighted by Crippen LogP contribution is -2.30. The van der Waals surface area contributed by atoms with Gasteiger partial charge in [0, 0.05) is 11.6 Å². The first kappa shape index (κ1) is 22.2. The lowest BCUT2D eigenvalue weighted by Gasteiger charge is -2.15. The number of benzene rings is 2. The van der Waals surface area contributed by atoms with Gasteiger partial charge in [-0.1, -0.05) is 29.8 Å². The molecule has 1 aliphatic rings. The zero-order valence-corrected chi connectivity index (χ0v) is 19.2. The molecule has 2 aromatic rings. The zero-order chi connectivity index (χ0) is 21.7. The van der Waals surface area contributed by atoms with Crippen molar-refractivity contribution in [2.75, 3.05) is 13.2 Å². The fourth-order valence-corrected chi connectivity index (χ4v) is 3.75. The van der Waals surface area contributed by atoms with Crippen molar-refractivity contribution >= 4 is 52.2 Å². The van der Waals surface area contributed by atoms with Gasteiger partial charge in [0.15, 0.2) is 11.5 Å². The molecule has 1 saturated heterocycles. The zero-order valence-electron chi connectivity index (χ0n) is 16.3. The SMILES string of the molecule is C=CCN1C(=O)N/C(=C/c2cc(I)c(OCc3ccc(Cl)cc3)c(OCC)c2)C1=O. The second-order valence-electron chi connectivity index (χ2n) is 6.37. The van der Waals surface area contributed by atoms with Gasteiger partial charge in [-0.15, -0.1) is 6.58 Å². The molecule has 0 unspecified atom stereocenters. The number of amides is 3. The standard InChI is InChI=1S/C22H20ClIN2O4/c1-3-9-26-21(27)18(25-22(26)28)11-15-10-17(24)20(19(12-15)29-4-2)30-13-14-5-7-16(23)8-6-14/h3,5-8,10-12H,1,4,9,13H2,2H3,(H,25,28)/b18-11+. The average Bonchev–Trinajstić information content (AvgIpc) is 2.97. The summed E-state index contributed by atoms with van der Waals surface area (Å²) >= 11 is 8.09. The van der Waals surface area contributed by atoms with Crippen molar-refractivity contribution in [3.8, 4) is 11.5 Å². The molecule has 0 aliphatic carbocycles. The third-order valence-electron chi connectivity index (χ3n) is 4.21. The maximum absolute atomic E-state index is 12.4. The molecule has 1 fully saturated rings. The summed E-state index contributed by atoms with van der Waals surface area (Å²) in [6.07, 6.45) is 3.13. The van der Waals surface area contributed by atoms with Crippen LogP contribution < -0.4 is 14.8 Å². The highest BCUT2D eigenvalue weighted by Gasteiger charge is 2.32. The Labute approximate surface area is 193 Å². The maximum atomic E-state index is 12.4. The van der Waals surface area contributed by atoms with Crippen molar-refractivity contribution in [2.45, 2.75) is 13.5 Å². The summed E-state index contributed by atoms with van der Waals surface area (Å²) in [5, 5.41) is 3.26. The molecule has 0 radical (unpaired) electrons. The van der Waals surface area contributed by atoms with E-state index in [4.69, 9.17) is 21.1 Å². The van der Waals surface area contributed by atoms with Crippen LogP contribution in [0.3, 0.4) is 0 Å². The minimum Gasteiger partial charge on any atom is -0.490 e. The number of ether oxygens (including phenoxy) is 2. The van der Waals surface area contributed by atoms with Gasteiger partial charge in [-0.2, -0.15) is 0 Å². The van der Waals surface area contributed by atoms with Crippen LogP contribution in [0.5, 0.6) is 11.5 Å². The third-order valence-corrected chi connectivity index (χ3v) is 5.27. The van der Waals surface area contributed by atoms with E-state index in [1.54, 1.807) is 12.1 Å². The molecule has 30 heavy (non-hydrogen) atoms. The molecule has 156 valence electrons. The minimum absolute atomic E-state index is 0.154.